The topological polar surface area (TPSA) is 63.8 Å². The summed E-state index contributed by atoms with van der Waals surface area (Å²) < 4.78 is 38.2. The fourth-order valence-corrected chi connectivity index (χ4v) is 2.83. The van der Waals surface area contributed by atoms with Crippen LogP contribution in [0.1, 0.15) is 30.5 Å². The SMILES string of the molecule is CC(C)C(Nc1cc(C(F)(F)F)nc(N)n1)c1cccs1. The van der Waals surface area contributed by atoms with Crippen molar-refractivity contribution in [2.75, 3.05) is 11.1 Å². The van der Waals surface area contributed by atoms with E-state index < -0.39 is 17.8 Å². The van der Waals surface area contributed by atoms with Crippen LogP contribution in [0.15, 0.2) is 23.6 Å². The second-order valence-electron chi connectivity index (χ2n) is 4.88. The summed E-state index contributed by atoms with van der Waals surface area (Å²) in [6.07, 6.45) is -4.55. The number of nitrogens with one attached hydrogen (secondary N) is 1. The number of hydrogen-bond donors (Lipinski definition) is 2. The van der Waals surface area contributed by atoms with E-state index in [1.54, 1.807) is 0 Å². The fourth-order valence-electron chi connectivity index (χ4n) is 1.88. The minimum Gasteiger partial charge on any atom is -0.368 e. The van der Waals surface area contributed by atoms with Gasteiger partial charge >= 0.3 is 6.18 Å². The first-order chi connectivity index (χ1) is 9.77. The Labute approximate surface area is 124 Å². The van der Waals surface area contributed by atoms with Crippen molar-refractivity contribution in [1.29, 1.82) is 0 Å². The first-order valence-electron chi connectivity index (χ1n) is 6.29. The van der Waals surface area contributed by atoms with Gasteiger partial charge in [0.05, 0.1) is 6.04 Å². The third-order valence-corrected chi connectivity index (χ3v) is 3.81. The maximum atomic E-state index is 12.7. The number of rotatable bonds is 4. The Morgan fingerprint density at radius 1 is 1.29 bits per heavy atom. The highest BCUT2D eigenvalue weighted by Gasteiger charge is 2.33. The van der Waals surface area contributed by atoms with Crippen LogP contribution in [-0.2, 0) is 6.18 Å². The van der Waals surface area contributed by atoms with Crippen molar-refractivity contribution in [3.05, 3.63) is 34.2 Å². The predicted octanol–water partition coefficient (Wildman–Crippen LogP) is 3.95. The van der Waals surface area contributed by atoms with E-state index in [2.05, 4.69) is 15.3 Å². The average Bonchev–Trinajstić information content (AvgIpc) is 2.87. The summed E-state index contributed by atoms with van der Waals surface area (Å²) in [5.74, 6) is -0.155. The van der Waals surface area contributed by atoms with Crippen molar-refractivity contribution in [3.8, 4) is 0 Å². The van der Waals surface area contributed by atoms with Crippen molar-refractivity contribution in [2.24, 2.45) is 5.92 Å². The molecule has 3 N–H and O–H groups in total. The third kappa shape index (κ3) is 3.84. The van der Waals surface area contributed by atoms with Gasteiger partial charge in [0, 0.05) is 10.9 Å². The van der Waals surface area contributed by atoms with Crippen LogP contribution in [0, 0.1) is 5.92 Å². The first kappa shape index (κ1) is 15.6. The van der Waals surface area contributed by atoms with Crippen molar-refractivity contribution in [3.63, 3.8) is 0 Å². The number of nitrogen functional groups attached to an aromatic ring is 1. The number of alkyl halides is 3. The van der Waals surface area contributed by atoms with Crippen LogP contribution < -0.4 is 11.1 Å². The third-order valence-electron chi connectivity index (χ3n) is 2.85. The molecular formula is C13H15F3N4S. The van der Waals surface area contributed by atoms with Gasteiger partial charge in [-0.05, 0) is 17.4 Å². The second-order valence-corrected chi connectivity index (χ2v) is 5.86. The molecule has 21 heavy (non-hydrogen) atoms. The van der Waals surface area contributed by atoms with E-state index in [1.807, 2.05) is 31.4 Å². The summed E-state index contributed by atoms with van der Waals surface area (Å²) in [5, 5.41) is 4.93. The molecule has 0 spiro atoms. The summed E-state index contributed by atoms with van der Waals surface area (Å²) in [5.41, 5.74) is 4.32. The highest BCUT2D eigenvalue weighted by molar-refractivity contribution is 7.10. The first-order valence-corrected chi connectivity index (χ1v) is 7.17. The van der Waals surface area contributed by atoms with E-state index in [9.17, 15) is 13.2 Å². The van der Waals surface area contributed by atoms with Gasteiger partial charge in [0.25, 0.3) is 0 Å². The van der Waals surface area contributed by atoms with Crippen molar-refractivity contribution in [1.82, 2.24) is 9.97 Å². The lowest BCUT2D eigenvalue weighted by atomic mass is 10.0. The zero-order valence-corrected chi connectivity index (χ0v) is 12.3. The summed E-state index contributed by atoms with van der Waals surface area (Å²) in [4.78, 5) is 8.09. The van der Waals surface area contributed by atoms with Gasteiger partial charge in [-0.2, -0.15) is 18.2 Å². The molecule has 1 unspecified atom stereocenters. The molecule has 2 heterocycles. The Kier molecular flexibility index (Phi) is 4.36. The van der Waals surface area contributed by atoms with Crippen molar-refractivity contribution in [2.45, 2.75) is 26.1 Å². The second kappa shape index (κ2) is 5.88. The summed E-state index contributed by atoms with van der Waals surface area (Å²) in [6.45, 7) is 3.96. The lowest BCUT2D eigenvalue weighted by Crippen LogP contribution is -2.18. The standard InChI is InChI=1S/C13H15F3N4S/c1-7(2)11(8-4-3-5-21-8)19-10-6-9(13(14,15)16)18-12(17)20-10/h3-7,11H,1-2H3,(H3,17,18,19,20). The molecule has 8 heteroatoms. The lowest BCUT2D eigenvalue weighted by molar-refractivity contribution is -0.141. The molecule has 0 fully saturated rings. The molecule has 0 aromatic carbocycles. The van der Waals surface area contributed by atoms with E-state index in [0.29, 0.717) is 0 Å². The largest absolute Gasteiger partial charge is 0.433 e. The molecule has 4 nitrogen and oxygen atoms in total. The molecule has 0 bridgehead atoms. The van der Waals surface area contributed by atoms with Gasteiger partial charge in [0.15, 0.2) is 5.69 Å². The lowest BCUT2D eigenvalue weighted by Gasteiger charge is -2.22. The van der Waals surface area contributed by atoms with Crippen LogP contribution in [0.3, 0.4) is 0 Å². The molecule has 0 aliphatic rings. The Balaban J connectivity index is 2.31. The van der Waals surface area contributed by atoms with Gasteiger partial charge in [-0.25, -0.2) is 4.98 Å². The molecule has 0 amide bonds. The summed E-state index contributed by atoms with van der Waals surface area (Å²) in [6, 6.07) is 4.56. The quantitative estimate of drug-likeness (QED) is 0.896. The van der Waals surface area contributed by atoms with Crippen molar-refractivity contribution < 1.29 is 13.2 Å². The van der Waals surface area contributed by atoms with E-state index in [4.69, 9.17) is 5.73 Å². The molecule has 2 aromatic rings. The molecule has 1 atom stereocenters. The molecule has 0 aliphatic heterocycles. The van der Waals surface area contributed by atoms with E-state index in [0.717, 1.165) is 10.9 Å². The van der Waals surface area contributed by atoms with Gasteiger partial charge in [-0.15, -0.1) is 11.3 Å². The average molecular weight is 316 g/mol. The number of hydrogen-bond acceptors (Lipinski definition) is 5. The number of nitrogens with two attached hydrogens (primary N) is 1. The van der Waals surface area contributed by atoms with Crippen LogP contribution >= 0.6 is 11.3 Å². The van der Waals surface area contributed by atoms with Crippen molar-refractivity contribution >= 4 is 23.1 Å². The zero-order chi connectivity index (χ0) is 15.6. The molecule has 0 saturated carbocycles. The maximum absolute atomic E-state index is 12.7. The minimum atomic E-state index is -4.55. The Bertz CT molecular complexity index is 596. The molecule has 114 valence electrons. The highest BCUT2D eigenvalue weighted by atomic mass is 32.1. The molecule has 0 saturated heterocycles. The van der Waals surface area contributed by atoms with E-state index in [-0.39, 0.29) is 17.8 Å². The van der Waals surface area contributed by atoms with Crippen LogP contribution in [0.25, 0.3) is 0 Å². The predicted molar refractivity (Wildman–Crippen MR) is 77.0 cm³/mol. The number of aromatic nitrogens is 2. The van der Waals surface area contributed by atoms with Gasteiger partial charge in [0.2, 0.25) is 5.95 Å². The molecular weight excluding hydrogens is 301 g/mol. The summed E-state index contributed by atoms with van der Waals surface area (Å²) >= 11 is 1.53. The van der Waals surface area contributed by atoms with E-state index in [1.165, 1.54) is 11.3 Å². The molecule has 0 aliphatic carbocycles. The number of halogens is 3. The van der Waals surface area contributed by atoms with Gasteiger partial charge in [-0.3, -0.25) is 0 Å². The monoisotopic (exact) mass is 316 g/mol. The highest BCUT2D eigenvalue weighted by Crippen LogP contribution is 2.32. The van der Waals surface area contributed by atoms with Crippen LogP contribution in [0.5, 0.6) is 0 Å². The fraction of sp³-hybridized carbons (Fsp3) is 0.385. The zero-order valence-electron chi connectivity index (χ0n) is 11.5. The molecule has 2 rings (SSSR count). The molecule has 2 aromatic heterocycles. The van der Waals surface area contributed by atoms with Gasteiger partial charge < -0.3 is 11.1 Å². The minimum absolute atomic E-state index is 0.0712. The normalized spacial score (nSPS) is 13.4. The van der Waals surface area contributed by atoms with Gasteiger partial charge in [-0.1, -0.05) is 19.9 Å². The summed E-state index contributed by atoms with van der Waals surface area (Å²) in [7, 11) is 0. The van der Waals surface area contributed by atoms with E-state index >= 15 is 0 Å². The maximum Gasteiger partial charge on any atom is 0.433 e. The Hall–Kier alpha value is -1.83. The van der Waals surface area contributed by atoms with Crippen LogP contribution in [0.4, 0.5) is 24.9 Å². The number of anilines is 2. The Morgan fingerprint density at radius 2 is 2.00 bits per heavy atom. The number of nitrogens with zero attached hydrogens (tertiary/aromatic N) is 2. The van der Waals surface area contributed by atoms with Crippen LogP contribution in [-0.4, -0.2) is 9.97 Å². The Morgan fingerprint density at radius 3 is 2.52 bits per heavy atom. The molecule has 0 radical (unpaired) electrons. The smallest absolute Gasteiger partial charge is 0.368 e. The van der Waals surface area contributed by atoms with Gasteiger partial charge in [0.1, 0.15) is 5.82 Å². The van der Waals surface area contributed by atoms with Crippen LogP contribution in [0.2, 0.25) is 0 Å². The number of thiophene rings is 1.